The van der Waals surface area contributed by atoms with Crippen LogP contribution in [-0.4, -0.2) is 58.9 Å². The van der Waals surface area contributed by atoms with Crippen LogP contribution in [0.4, 0.5) is 4.79 Å². The molecule has 9 nitrogen and oxygen atoms in total. The SMILES string of the molecule is COc1ccc(CN2C(=O)CC(=O)N(CCC3CC3)C2=O)cc1.NCC(=O)O. The second-order valence-corrected chi connectivity index (χ2v) is 6.66. The number of nitrogens with zero attached hydrogens (tertiary/aromatic N) is 2. The van der Waals surface area contributed by atoms with Crippen molar-refractivity contribution >= 4 is 23.8 Å². The number of imide groups is 2. The monoisotopic (exact) mass is 391 g/mol. The van der Waals surface area contributed by atoms with Crippen LogP contribution in [0.5, 0.6) is 5.75 Å². The van der Waals surface area contributed by atoms with Crippen LogP contribution in [0.2, 0.25) is 0 Å². The second kappa shape index (κ2) is 9.84. The van der Waals surface area contributed by atoms with Crippen molar-refractivity contribution in [1.82, 2.24) is 9.80 Å². The molecular formula is C19H25N3O6. The van der Waals surface area contributed by atoms with Gasteiger partial charge in [-0.1, -0.05) is 25.0 Å². The lowest BCUT2D eigenvalue weighted by atomic mass is 10.1. The molecule has 0 spiro atoms. The molecule has 28 heavy (non-hydrogen) atoms. The van der Waals surface area contributed by atoms with Crippen molar-refractivity contribution in [3.8, 4) is 5.75 Å². The third-order valence-corrected chi connectivity index (χ3v) is 4.50. The maximum Gasteiger partial charge on any atom is 0.333 e. The Labute approximate surface area is 163 Å². The van der Waals surface area contributed by atoms with Crippen molar-refractivity contribution in [2.24, 2.45) is 11.7 Å². The Balaban J connectivity index is 0.000000500. The van der Waals surface area contributed by atoms with Gasteiger partial charge < -0.3 is 15.6 Å². The Bertz CT molecular complexity index is 730. The van der Waals surface area contributed by atoms with Gasteiger partial charge in [0.2, 0.25) is 11.8 Å². The van der Waals surface area contributed by atoms with Crippen LogP contribution < -0.4 is 10.5 Å². The molecule has 3 N–H and O–H groups in total. The zero-order valence-corrected chi connectivity index (χ0v) is 15.8. The Kier molecular flexibility index (Phi) is 7.51. The Morgan fingerprint density at radius 1 is 1.14 bits per heavy atom. The molecule has 2 aliphatic rings. The number of ether oxygens (including phenoxy) is 1. The number of rotatable bonds is 7. The molecule has 0 bridgehead atoms. The number of methoxy groups -OCH3 is 1. The number of carbonyl (C=O) groups is 4. The summed E-state index contributed by atoms with van der Waals surface area (Å²) in [5.74, 6) is -0.440. The summed E-state index contributed by atoms with van der Waals surface area (Å²) >= 11 is 0. The average Bonchev–Trinajstić information content (AvgIpc) is 3.50. The maximum atomic E-state index is 12.5. The first-order valence-electron chi connectivity index (χ1n) is 9.05. The average molecular weight is 391 g/mol. The highest BCUT2D eigenvalue weighted by molar-refractivity contribution is 6.14. The van der Waals surface area contributed by atoms with E-state index in [1.807, 2.05) is 12.1 Å². The molecule has 0 unspecified atom stereocenters. The molecule has 152 valence electrons. The van der Waals surface area contributed by atoms with Gasteiger partial charge in [-0.3, -0.25) is 24.2 Å². The number of hydrogen-bond donors (Lipinski definition) is 2. The first kappa shape index (κ1) is 21.4. The van der Waals surface area contributed by atoms with E-state index in [2.05, 4.69) is 5.73 Å². The second-order valence-electron chi connectivity index (χ2n) is 6.66. The summed E-state index contributed by atoms with van der Waals surface area (Å²) < 4.78 is 5.09. The fraction of sp³-hybridized carbons (Fsp3) is 0.474. The molecule has 1 aromatic carbocycles. The van der Waals surface area contributed by atoms with Gasteiger partial charge in [0.05, 0.1) is 20.2 Å². The van der Waals surface area contributed by atoms with Crippen LogP contribution in [0.25, 0.3) is 0 Å². The number of urea groups is 1. The molecule has 2 fully saturated rings. The summed E-state index contributed by atoms with van der Waals surface area (Å²) in [7, 11) is 1.58. The van der Waals surface area contributed by atoms with Crippen molar-refractivity contribution in [2.45, 2.75) is 32.2 Å². The van der Waals surface area contributed by atoms with Crippen molar-refractivity contribution in [3.05, 3.63) is 29.8 Å². The van der Waals surface area contributed by atoms with Gasteiger partial charge in [0, 0.05) is 6.54 Å². The van der Waals surface area contributed by atoms with Gasteiger partial charge in [-0.15, -0.1) is 0 Å². The minimum atomic E-state index is -0.968. The first-order valence-corrected chi connectivity index (χ1v) is 9.05. The number of nitrogens with two attached hydrogens (primary N) is 1. The molecule has 3 rings (SSSR count). The number of hydrogen-bond acceptors (Lipinski definition) is 6. The van der Waals surface area contributed by atoms with E-state index >= 15 is 0 Å². The van der Waals surface area contributed by atoms with E-state index in [0.717, 1.165) is 16.9 Å². The number of benzene rings is 1. The smallest absolute Gasteiger partial charge is 0.333 e. The topological polar surface area (TPSA) is 130 Å². The number of carboxylic acids is 1. The molecule has 1 aliphatic heterocycles. The molecule has 0 radical (unpaired) electrons. The summed E-state index contributed by atoms with van der Waals surface area (Å²) in [6.45, 7) is 0.309. The van der Waals surface area contributed by atoms with Gasteiger partial charge in [-0.05, 0) is 30.0 Å². The van der Waals surface area contributed by atoms with Crippen molar-refractivity contribution in [2.75, 3.05) is 20.2 Å². The van der Waals surface area contributed by atoms with Crippen molar-refractivity contribution in [1.29, 1.82) is 0 Å². The maximum absolute atomic E-state index is 12.5. The third kappa shape index (κ3) is 6.05. The largest absolute Gasteiger partial charge is 0.497 e. The third-order valence-electron chi connectivity index (χ3n) is 4.50. The molecule has 1 saturated carbocycles. The van der Waals surface area contributed by atoms with Gasteiger partial charge in [0.1, 0.15) is 12.2 Å². The molecule has 0 aromatic heterocycles. The fourth-order valence-electron chi connectivity index (χ4n) is 2.69. The molecule has 9 heteroatoms. The molecule has 0 atom stereocenters. The highest BCUT2D eigenvalue weighted by Gasteiger charge is 2.38. The highest BCUT2D eigenvalue weighted by atomic mass is 16.5. The van der Waals surface area contributed by atoms with Crippen LogP contribution in [0.1, 0.15) is 31.2 Å². The standard InChI is InChI=1S/C17H20N2O4.C2H5NO2/c1-23-14-6-4-13(5-7-14)11-19-16(21)10-15(20)18(17(19)22)9-8-12-2-3-12;3-1-2(4)5/h4-7,12H,2-3,8-11H2,1H3;1,3H2,(H,4,5). The number of barbiturate groups is 1. The van der Waals surface area contributed by atoms with Crippen molar-refractivity contribution in [3.63, 3.8) is 0 Å². The van der Waals surface area contributed by atoms with E-state index in [-0.39, 0.29) is 25.4 Å². The van der Waals surface area contributed by atoms with Gasteiger partial charge in [0.15, 0.2) is 0 Å². The molecule has 1 saturated heterocycles. The molecular weight excluding hydrogens is 366 g/mol. The Morgan fingerprint density at radius 2 is 1.71 bits per heavy atom. The molecule has 4 amide bonds. The minimum Gasteiger partial charge on any atom is -0.497 e. The predicted octanol–water partition coefficient (Wildman–Crippen LogP) is 1.21. The van der Waals surface area contributed by atoms with Gasteiger partial charge in [0.25, 0.3) is 0 Å². The lowest BCUT2D eigenvalue weighted by molar-refractivity contribution is -0.143. The van der Waals surface area contributed by atoms with E-state index in [1.54, 1.807) is 19.2 Å². The predicted molar refractivity (Wildman–Crippen MR) is 99.3 cm³/mol. The van der Waals surface area contributed by atoms with E-state index in [0.29, 0.717) is 18.2 Å². The minimum absolute atomic E-state index is 0.175. The first-order chi connectivity index (χ1) is 13.3. The highest BCUT2D eigenvalue weighted by Crippen LogP contribution is 2.33. The summed E-state index contributed by atoms with van der Waals surface area (Å²) in [5.41, 5.74) is 5.39. The number of carboxylic acid groups (broad SMARTS) is 1. The quantitative estimate of drug-likeness (QED) is 0.668. The van der Waals surface area contributed by atoms with E-state index < -0.39 is 17.9 Å². The number of carbonyl (C=O) groups excluding carboxylic acids is 3. The number of aliphatic carboxylic acids is 1. The van der Waals surface area contributed by atoms with Crippen LogP contribution >= 0.6 is 0 Å². The number of amides is 4. The lowest BCUT2D eigenvalue weighted by Crippen LogP contribution is -2.54. The Morgan fingerprint density at radius 3 is 2.21 bits per heavy atom. The molecule has 1 aromatic rings. The molecule has 1 aliphatic carbocycles. The molecule has 1 heterocycles. The van der Waals surface area contributed by atoms with Crippen LogP contribution in [0.15, 0.2) is 24.3 Å². The summed E-state index contributed by atoms with van der Waals surface area (Å²) in [6, 6.07) is 6.69. The lowest BCUT2D eigenvalue weighted by Gasteiger charge is -2.32. The zero-order valence-electron chi connectivity index (χ0n) is 15.8. The zero-order chi connectivity index (χ0) is 20.7. The summed E-state index contributed by atoms with van der Waals surface area (Å²) in [6.07, 6.45) is 2.95. The van der Waals surface area contributed by atoms with E-state index in [1.165, 1.54) is 17.7 Å². The Hall–Kier alpha value is -2.94. The van der Waals surface area contributed by atoms with Crippen molar-refractivity contribution < 1.29 is 29.0 Å². The van der Waals surface area contributed by atoms with Crippen LogP contribution in [0, 0.1) is 5.92 Å². The van der Waals surface area contributed by atoms with E-state index in [4.69, 9.17) is 9.84 Å². The summed E-state index contributed by atoms with van der Waals surface area (Å²) in [5, 5.41) is 7.60. The van der Waals surface area contributed by atoms with Gasteiger partial charge in [-0.2, -0.15) is 0 Å². The fourth-order valence-corrected chi connectivity index (χ4v) is 2.69. The van der Waals surface area contributed by atoms with Crippen LogP contribution in [0.3, 0.4) is 0 Å². The summed E-state index contributed by atoms with van der Waals surface area (Å²) in [4.78, 5) is 48.2. The van der Waals surface area contributed by atoms with Crippen LogP contribution in [-0.2, 0) is 20.9 Å². The van der Waals surface area contributed by atoms with Gasteiger partial charge >= 0.3 is 12.0 Å². The van der Waals surface area contributed by atoms with Gasteiger partial charge in [-0.25, -0.2) is 4.79 Å². The van der Waals surface area contributed by atoms with E-state index in [9.17, 15) is 19.2 Å². The normalized spacial score (nSPS) is 16.6.